The molecule has 0 spiro atoms. The molecule has 0 radical (unpaired) electrons. The van der Waals surface area contributed by atoms with Crippen LogP contribution in [0.5, 0.6) is 34.5 Å². The summed E-state index contributed by atoms with van der Waals surface area (Å²) in [6, 6.07) is 7.01. The van der Waals surface area contributed by atoms with Crippen LogP contribution < -0.4 is 28.4 Å². The predicted molar refractivity (Wildman–Crippen MR) is 106 cm³/mol. The van der Waals surface area contributed by atoms with E-state index >= 15 is 0 Å². The molecule has 3 atom stereocenters. The lowest BCUT2D eigenvalue weighted by molar-refractivity contribution is -0.181. The number of carbonyl (C=O) groups excluding carboxylic acids is 1. The number of hydrogen-bond acceptors (Lipinski definition) is 8. The number of benzene rings is 2. The molecule has 2 aliphatic rings. The van der Waals surface area contributed by atoms with Crippen molar-refractivity contribution in [3.63, 3.8) is 0 Å². The van der Waals surface area contributed by atoms with Gasteiger partial charge in [0, 0.05) is 24.5 Å². The lowest BCUT2D eigenvalue weighted by Crippen LogP contribution is -2.50. The van der Waals surface area contributed by atoms with Crippen LogP contribution in [-0.4, -0.2) is 44.8 Å². The Morgan fingerprint density at radius 2 is 1.60 bits per heavy atom. The van der Waals surface area contributed by atoms with Gasteiger partial charge in [-0.15, -0.1) is 0 Å². The zero-order valence-corrected chi connectivity index (χ0v) is 17.5. The molecule has 2 aliphatic heterocycles. The minimum Gasteiger partial charge on any atom is -0.493 e. The normalized spacial score (nSPS) is 23.9. The fourth-order valence-electron chi connectivity index (χ4n) is 4.31. The third-order valence-electron chi connectivity index (χ3n) is 5.55. The molecule has 160 valence electrons. The van der Waals surface area contributed by atoms with E-state index in [0.717, 1.165) is 0 Å². The molecule has 0 fully saturated rings. The van der Waals surface area contributed by atoms with Gasteiger partial charge in [0.1, 0.15) is 11.5 Å². The van der Waals surface area contributed by atoms with Crippen molar-refractivity contribution in [3.05, 3.63) is 35.4 Å². The van der Waals surface area contributed by atoms with Crippen molar-refractivity contribution >= 4 is 5.78 Å². The summed E-state index contributed by atoms with van der Waals surface area (Å²) in [5, 5.41) is 11.1. The van der Waals surface area contributed by atoms with Crippen LogP contribution in [0.3, 0.4) is 0 Å². The van der Waals surface area contributed by atoms with Crippen molar-refractivity contribution in [2.45, 2.75) is 25.6 Å². The monoisotopic (exact) mass is 416 g/mol. The lowest BCUT2D eigenvalue weighted by Gasteiger charge is -2.42. The first-order valence-electron chi connectivity index (χ1n) is 9.46. The number of fused-ring (bicyclic) bond motifs is 2. The molecule has 2 aromatic rings. The van der Waals surface area contributed by atoms with Gasteiger partial charge >= 0.3 is 0 Å². The number of Topliss-reactive ketones (excluding diaryl/α,β-unsaturated/α-hetero) is 1. The van der Waals surface area contributed by atoms with E-state index in [1.807, 2.05) is 0 Å². The summed E-state index contributed by atoms with van der Waals surface area (Å²) in [5.41, 5.74) is 1.40. The summed E-state index contributed by atoms with van der Waals surface area (Å²) in [7, 11) is 4.57. The molecule has 0 saturated heterocycles. The maximum atomic E-state index is 12.7. The van der Waals surface area contributed by atoms with E-state index in [-0.39, 0.29) is 12.6 Å². The molecule has 30 heavy (non-hydrogen) atoms. The number of carbonyl (C=O) groups is 1. The zero-order chi connectivity index (χ0) is 21.6. The van der Waals surface area contributed by atoms with Crippen molar-refractivity contribution < 1.29 is 38.3 Å². The fraction of sp³-hybridized carbons (Fsp3) is 0.409. The van der Waals surface area contributed by atoms with Crippen molar-refractivity contribution in [1.29, 1.82) is 0 Å². The molecular weight excluding hydrogens is 392 g/mol. The molecule has 0 bridgehead atoms. The van der Waals surface area contributed by atoms with Crippen LogP contribution in [-0.2, 0) is 4.79 Å². The van der Waals surface area contributed by atoms with Gasteiger partial charge in [0.15, 0.2) is 23.0 Å². The van der Waals surface area contributed by atoms with E-state index in [2.05, 4.69) is 0 Å². The van der Waals surface area contributed by atoms with Crippen LogP contribution in [0.4, 0.5) is 0 Å². The second kappa shape index (κ2) is 7.28. The summed E-state index contributed by atoms with van der Waals surface area (Å²) in [6.45, 7) is 3.02. The van der Waals surface area contributed by atoms with Gasteiger partial charge in [-0.3, -0.25) is 4.79 Å². The number of ether oxygens (including phenoxy) is 6. The molecule has 8 nitrogen and oxygen atoms in total. The topological polar surface area (TPSA) is 92.7 Å². The quantitative estimate of drug-likeness (QED) is 0.796. The molecule has 0 amide bonds. The highest BCUT2D eigenvalue weighted by Gasteiger charge is 2.50. The Morgan fingerprint density at radius 3 is 2.13 bits per heavy atom. The average molecular weight is 416 g/mol. The highest BCUT2D eigenvalue weighted by atomic mass is 16.7. The number of hydrogen-bond donors (Lipinski definition) is 1. The Morgan fingerprint density at radius 1 is 1.00 bits per heavy atom. The molecule has 1 N–H and O–H groups in total. The molecule has 4 rings (SSSR count). The molecule has 0 aromatic heterocycles. The molecule has 0 saturated carbocycles. The largest absolute Gasteiger partial charge is 0.493 e. The summed E-state index contributed by atoms with van der Waals surface area (Å²) in [6.07, 6.45) is 0. The van der Waals surface area contributed by atoms with Crippen molar-refractivity contribution in [2.24, 2.45) is 5.92 Å². The van der Waals surface area contributed by atoms with Crippen LogP contribution >= 0.6 is 0 Å². The third-order valence-corrected chi connectivity index (χ3v) is 5.55. The van der Waals surface area contributed by atoms with Gasteiger partial charge < -0.3 is 33.5 Å². The molecule has 0 unspecified atom stereocenters. The van der Waals surface area contributed by atoms with E-state index in [4.69, 9.17) is 28.4 Å². The Balaban J connectivity index is 1.98. The Kier molecular flexibility index (Phi) is 4.89. The predicted octanol–water partition coefficient (Wildman–Crippen LogP) is 2.88. The molecule has 8 heteroatoms. The van der Waals surface area contributed by atoms with Crippen LogP contribution in [0.1, 0.15) is 30.9 Å². The van der Waals surface area contributed by atoms with Gasteiger partial charge in [0.05, 0.1) is 27.2 Å². The maximum absolute atomic E-state index is 12.7. The number of methoxy groups -OCH3 is 3. The number of aliphatic hydroxyl groups is 1. The smallest absolute Gasteiger partial charge is 0.231 e. The number of ketones is 1. The van der Waals surface area contributed by atoms with E-state index in [9.17, 15) is 9.90 Å². The summed E-state index contributed by atoms with van der Waals surface area (Å²) in [4.78, 5) is 12.7. The van der Waals surface area contributed by atoms with Gasteiger partial charge in [0.25, 0.3) is 0 Å². The summed E-state index contributed by atoms with van der Waals surface area (Å²) in [5.74, 6) is -0.566. The molecule has 2 aromatic carbocycles. The first-order chi connectivity index (χ1) is 14.3. The SMILES string of the molecule is COc1cc([C@@H]2c3cc4c(cc3O[C@](C)(O)[C@H]2C(C)=O)OCO4)cc(OC)c1OC. The highest BCUT2D eigenvalue weighted by Crippen LogP contribution is 2.53. The van der Waals surface area contributed by atoms with Gasteiger partial charge in [-0.05, 0) is 30.7 Å². The molecule has 2 heterocycles. The van der Waals surface area contributed by atoms with E-state index in [1.165, 1.54) is 35.2 Å². The highest BCUT2D eigenvalue weighted by molar-refractivity contribution is 5.82. The Labute approximate surface area is 174 Å². The van der Waals surface area contributed by atoms with Gasteiger partial charge in [-0.2, -0.15) is 0 Å². The van der Waals surface area contributed by atoms with Gasteiger partial charge in [-0.25, -0.2) is 0 Å². The molecule has 0 aliphatic carbocycles. The zero-order valence-electron chi connectivity index (χ0n) is 17.5. The van der Waals surface area contributed by atoms with E-state index in [1.54, 1.807) is 24.3 Å². The van der Waals surface area contributed by atoms with Crippen LogP contribution in [0.25, 0.3) is 0 Å². The Bertz CT molecular complexity index is 972. The van der Waals surface area contributed by atoms with Crippen LogP contribution in [0.15, 0.2) is 24.3 Å². The standard InChI is InChI=1S/C22H24O8/c1-11(23)20-19(12-6-17(25-3)21(27-5)18(7-12)26-4)13-8-15-16(29-10-28-15)9-14(13)30-22(20,2)24/h6-9,19-20,24H,10H2,1-5H3/t19-,20+,22+/m1/s1. The third kappa shape index (κ3) is 3.08. The minimum atomic E-state index is -1.74. The first kappa shape index (κ1) is 20.2. The van der Waals surface area contributed by atoms with Gasteiger partial charge in [-0.1, -0.05) is 0 Å². The van der Waals surface area contributed by atoms with Crippen molar-refractivity contribution in [1.82, 2.24) is 0 Å². The molecular formula is C22H24O8. The van der Waals surface area contributed by atoms with E-state index in [0.29, 0.717) is 45.6 Å². The minimum absolute atomic E-state index is 0.0968. The van der Waals surface area contributed by atoms with E-state index < -0.39 is 17.6 Å². The van der Waals surface area contributed by atoms with Crippen molar-refractivity contribution in [2.75, 3.05) is 28.1 Å². The average Bonchev–Trinajstić information content (AvgIpc) is 3.16. The second-order valence-electron chi connectivity index (χ2n) is 7.42. The Hall–Kier alpha value is -3.13. The lowest BCUT2D eigenvalue weighted by atomic mass is 9.72. The summed E-state index contributed by atoms with van der Waals surface area (Å²) < 4.78 is 33.2. The summed E-state index contributed by atoms with van der Waals surface area (Å²) >= 11 is 0. The first-order valence-corrected chi connectivity index (χ1v) is 9.46. The van der Waals surface area contributed by atoms with Gasteiger partial charge in [0.2, 0.25) is 18.3 Å². The van der Waals surface area contributed by atoms with Crippen LogP contribution in [0.2, 0.25) is 0 Å². The second-order valence-corrected chi connectivity index (χ2v) is 7.42. The van der Waals surface area contributed by atoms with Crippen LogP contribution in [0, 0.1) is 5.92 Å². The number of rotatable bonds is 5. The van der Waals surface area contributed by atoms with Crippen molar-refractivity contribution in [3.8, 4) is 34.5 Å². The maximum Gasteiger partial charge on any atom is 0.231 e. The fourth-order valence-corrected chi connectivity index (χ4v) is 4.31.